The molecule has 2 aliphatic rings. The third kappa shape index (κ3) is 2.27. The highest BCUT2D eigenvalue weighted by molar-refractivity contribution is 5.31. The number of ether oxygens (including phenoxy) is 1. The van der Waals surface area contributed by atoms with Crippen molar-refractivity contribution in [2.45, 2.75) is 62.5 Å². The fourth-order valence-electron chi connectivity index (χ4n) is 4.39. The van der Waals surface area contributed by atoms with Gasteiger partial charge in [0.15, 0.2) is 0 Å². The normalized spacial score (nSPS) is 26.2. The molecule has 1 heterocycles. The Morgan fingerprint density at radius 2 is 2.15 bits per heavy atom. The molecular weight excluding hydrogens is 248 g/mol. The predicted molar refractivity (Wildman–Crippen MR) is 81.0 cm³/mol. The second-order valence-electron chi connectivity index (χ2n) is 6.29. The van der Waals surface area contributed by atoms with E-state index in [0.29, 0.717) is 12.0 Å². The Labute approximate surface area is 122 Å². The second kappa shape index (κ2) is 5.82. The van der Waals surface area contributed by atoms with E-state index in [1.54, 1.807) is 0 Å². The molecule has 1 fully saturated rings. The lowest BCUT2D eigenvalue weighted by Crippen LogP contribution is -2.54. The van der Waals surface area contributed by atoms with Gasteiger partial charge in [0.1, 0.15) is 0 Å². The van der Waals surface area contributed by atoms with E-state index in [1.165, 1.54) is 49.8 Å². The monoisotopic (exact) mass is 274 g/mol. The van der Waals surface area contributed by atoms with Crippen molar-refractivity contribution >= 4 is 0 Å². The van der Waals surface area contributed by atoms with Gasteiger partial charge in [0.2, 0.25) is 0 Å². The molecule has 0 spiro atoms. The molecule has 1 N–H and O–H groups in total. The molecule has 3 nitrogen and oxygen atoms in total. The van der Waals surface area contributed by atoms with Gasteiger partial charge in [-0.2, -0.15) is 0 Å². The van der Waals surface area contributed by atoms with Crippen LogP contribution in [-0.2, 0) is 11.2 Å². The van der Waals surface area contributed by atoms with Gasteiger partial charge in [0.25, 0.3) is 0 Å². The SMILES string of the molecule is CNC(C1CCc2cccnc21)C1(OC)CCCCC1. The van der Waals surface area contributed by atoms with Gasteiger partial charge in [0, 0.05) is 31.0 Å². The molecule has 0 amide bonds. The minimum Gasteiger partial charge on any atom is -0.377 e. The average molecular weight is 274 g/mol. The maximum absolute atomic E-state index is 6.07. The van der Waals surface area contributed by atoms with Gasteiger partial charge in [-0.15, -0.1) is 0 Å². The van der Waals surface area contributed by atoms with Crippen molar-refractivity contribution in [1.82, 2.24) is 10.3 Å². The van der Waals surface area contributed by atoms with Gasteiger partial charge in [-0.3, -0.25) is 4.98 Å². The predicted octanol–water partition coefficient (Wildman–Crippen LogP) is 3.05. The van der Waals surface area contributed by atoms with E-state index in [9.17, 15) is 0 Å². The molecule has 1 aromatic heterocycles. The van der Waals surface area contributed by atoms with Crippen molar-refractivity contribution < 1.29 is 4.74 Å². The van der Waals surface area contributed by atoms with E-state index in [2.05, 4.69) is 29.5 Å². The minimum absolute atomic E-state index is 0.00318. The summed E-state index contributed by atoms with van der Waals surface area (Å²) in [6, 6.07) is 4.67. The molecule has 2 atom stereocenters. The number of aromatic nitrogens is 1. The number of nitrogens with zero attached hydrogens (tertiary/aromatic N) is 1. The Kier molecular flexibility index (Phi) is 4.08. The zero-order chi connectivity index (χ0) is 14.0. The van der Waals surface area contributed by atoms with Crippen LogP contribution in [0.1, 0.15) is 55.7 Å². The van der Waals surface area contributed by atoms with Crippen LogP contribution in [0, 0.1) is 0 Å². The molecule has 0 aromatic carbocycles. The number of methoxy groups -OCH3 is 1. The van der Waals surface area contributed by atoms with Crippen LogP contribution >= 0.6 is 0 Å². The number of aryl methyl sites for hydroxylation is 1. The maximum Gasteiger partial charge on any atom is 0.0837 e. The fraction of sp³-hybridized carbons (Fsp3) is 0.706. The van der Waals surface area contributed by atoms with Gasteiger partial charge in [-0.1, -0.05) is 25.3 Å². The molecule has 2 unspecified atom stereocenters. The molecule has 0 aliphatic heterocycles. The molecule has 1 aromatic rings. The van der Waals surface area contributed by atoms with Crippen LogP contribution in [0.3, 0.4) is 0 Å². The van der Waals surface area contributed by atoms with Gasteiger partial charge >= 0.3 is 0 Å². The Morgan fingerprint density at radius 1 is 1.35 bits per heavy atom. The molecule has 1 saturated carbocycles. The minimum atomic E-state index is -0.00318. The Hall–Kier alpha value is -0.930. The number of hydrogen-bond acceptors (Lipinski definition) is 3. The number of likely N-dealkylation sites (N-methyl/N-ethyl adjacent to an activating group) is 1. The van der Waals surface area contributed by atoms with Crippen LogP contribution in [-0.4, -0.2) is 30.8 Å². The van der Waals surface area contributed by atoms with Crippen LogP contribution in [0.25, 0.3) is 0 Å². The molecule has 0 bridgehead atoms. The van der Waals surface area contributed by atoms with Crippen molar-refractivity contribution in [1.29, 1.82) is 0 Å². The molecule has 2 aliphatic carbocycles. The van der Waals surface area contributed by atoms with Gasteiger partial charge < -0.3 is 10.1 Å². The Balaban J connectivity index is 1.90. The quantitative estimate of drug-likeness (QED) is 0.916. The summed E-state index contributed by atoms with van der Waals surface area (Å²) < 4.78 is 6.07. The van der Waals surface area contributed by atoms with E-state index < -0.39 is 0 Å². The molecule has 110 valence electrons. The number of fused-ring (bicyclic) bond motifs is 1. The number of hydrogen-bond donors (Lipinski definition) is 1. The lowest BCUT2D eigenvalue weighted by atomic mass is 9.73. The van der Waals surface area contributed by atoms with E-state index in [0.717, 1.165) is 6.42 Å². The molecule has 0 radical (unpaired) electrons. The summed E-state index contributed by atoms with van der Waals surface area (Å²) in [4.78, 5) is 4.67. The molecule has 0 saturated heterocycles. The highest BCUT2D eigenvalue weighted by Crippen LogP contribution is 2.43. The molecule has 3 rings (SSSR count). The summed E-state index contributed by atoms with van der Waals surface area (Å²) >= 11 is 0. The van der Waals surface area contributed by atoms with Crippen molar-refractivity contribution in [3.05, 3.63) is 29.6 Å². The van der Waals surface area contributed by atoms with Crippen LogP contribution in [0.2, 0.25) is 0 Å². The summed E-state index contributed by atoms with van der Waals surface area (Å²) in [5, 5.41) is 3.58. The zero-order valence-electron chi connectivity index (χ0n) is 12.7. The molecule has 20 heavy (non-hydrogen) atoms. The maximum atomic E-state index is 6.07. The third-order valence-corrected chi connectivity index (χ3v) is 5.39. The number of pyridine rings is 1. The first-order valence-electron chi connectivity index (χ1n) is 7.97. The van der Waals surface area contributed by atoms with Crippen LogP contribution in [0.15, 0.2) is 18.3 Å². The van der Waals surface area contributed by atoms with E-state index in [1.807, 2.05) is 13.3 Å². The summed E-state index contributed by atoms with van der Waals surface area (Å²) in [7, 11) is 3.98. The zero-order valence-corrected chi connectivity index (χ0v) is 12.7. The van der Waals surface area contributed by atoms with Crippen molar-refractivity contribution in [3.8, 4) is 0 Å². The van der Waals surface area contributed by atoms with Crippen LogP contribution < -0.4 is 5.32 Å². The molecule has 3 heteroatoms. The first kappa shape index (κ1) is 14.0. The van der Waals surface area contributed by atoms with E-state index in [4.69, 9.17) is 4.74 Å². The number of nitrogens with one attached hydrogen (secondary N) is 1. The van der Waals surface area contributed by atoms with Crippen molar-refractivity contribution in [3.63, 3.8) is 0 Å². The first-order valence-corrected chi connectivity index (χ1v) is 7.97. The lowest BCUT2D eigenvalue weighted by molar-refractivity contribution is -0.0723. The third-order valence-electron chi connectivity index (χ3n) is 5.39. The van der Waals surface area contributed by atoms with E-state index >= 15 is 0 Å². The largest absolute Gasteiger partial charge is 0.377 e. The van der Waals surface area contributed by atoms with Crippen LogP contribution in [0.4, 0.5) is 0 Å². The van der Waals surface area contributed by atoms with Crippen molar-refractivity contribution in [2.24, 2.45) is 0 Å². The summed E-state index contributed by atoms with van der Waals surface area (Å²) in [5.74, 6) is 0.495. The Bertz CT molecular complexity index is 454. The smallest absolute Gasteiger partial charge is 0.0837 e. The lowest BCUT2D eigenvalue weighted by Gasteiger charge is -2.45. The topological polar surface area (TPSA) is 34.2 Å². The fourth-order valence-corrected chi connectivity index (χ4v) is 4.39. The first-order chi connectivity index (χ1) is 9.80. The van der Waals surface area contributed by atoms with Crippen LogP contribution in [0.5, 0.6) is 0 Å². The average Bonchev–Trinajstić information content (AvgIpc) is 2.93. The van der Waals surface area contributed by atoms with E-state index in [-0.39, 0.29) is 5.60 Å². The van der Waals surface area contributed by atoms with Gasteiger partial charge in [0.05, 0.1) is 5.60 Å². The number of rotatable bonds is 4. The van der Waals surface area contributed by atoms with Crippen molar-refractivity contribution in [2.75, 3.05) is 14.2 Å². The highest BCUT2D eigenvalue weighted by Gasteiger charge is 2.45. The van der Waals surface area contributed by atoms with Gasteiger partial charge in [-0.25, -0.2) is 0 Å². The second-order valence-corrected chi connectivity index (χ2v) is 6.29. The molecular formula is C17H26N2O. The Morgan fingerprint density at radius 3 is 2.85 bits per heavy atom. The highest BCUT2D eigenvalue weighted by atomic mass is 16.5. The summed E-state index contributed by atoms with van der Waals surface area (Å²) in [6.07, 6.45) is 10.6. The summed E-state index contributed by atoms with van der Waals surface area (Å²) in [5.41, 5.74) is 2.73. The standard InChI is InChI=1S/C17H26N2O/c1-18-16(17(20-2)10-4-3-5-11-17)14-9-8-13-7-6-12-19-15(13)14/h6-7,12,14,16,18H,3-5,8-11H2,1-2H3. The summed E-state index contributed by atoms with van der Waals surface area (Å²) in [6.45, 7) is 0. The van der Waals surface area contributed by atoms with Gasteiger partial charge in [-0.05, 0) is 44.4 Å².